The van der Waals surface area contributed by atoms with Gasteiger partial charge in [0.1, 0.15) is 10.7 Å². The van der Waals surface area contributed by atoms with Crippen molar-refractivity contribution >= 4 is 23.1 Å². The number of ether oxygens (including phenoxy) is 3. The molecule has 0 radical (unpaired) electrons. The Morgan fingerprint density at radius 2 is 1.76 bits per heavy atom. The van der Waals surface area contributed by atoms with Crippen LogP contribution in [0, 0.1) is 17.8 Å². The fraction of sp³-hybridized carbons (Fsp3) is 0.739. The Bertz CT molecular complexity index is 717. The predicted octanol–water partition coefficient (Wildman–Crippen LogP) is 4.95. The van der Waals surface area contributed by atoms with Gasteiger partial charge in [0.2, 0.25) is 0 Å². The van der Waals surface area contributed by atoms with Gasteiger partial charge < -0.3 is 14.2 Å². The number of Topliss-reactive ketones (excluding diaryl/α,β-unsaturated/α-hetero) is 1. The minimum absolute atomic E-state index is 0.108. The fourth-order valence-electron chi connectivity index (χ4n) is 5.46. The van der Waals surface area contributed by atoms with Crippen molar-refractivity contribution in [1.29, 1.82) is 0 Å². The van der Waals surface area contributed by atoms with E-state index in [0.717, 1.165) is 56.9 Å². The lowest BCUT2D eigenvalue weighted by Crippen LogP contribution is -2.39. The van der Waals surface area contributed by atoms with Crippen molar-refractivity contribution in [1.82, 2.24) is 0 Å². The summed E-state index contributed by atoms with van der Waals surface area (Å²) in [5.74, 6) is 0.358. The lowest BCUT2D eigenvalue weighted by molar-refractivity contribution is -0.184. The number of carbonyl (C=O) groups excluding carboxylic acids is 2. The Labute approximate surface area is 177 Å². The quantitative estimate of drug-likeness (QED) is 0.631. The Morgan fingerprint density at radius 1 is 1.10 bits per heavy atom. The molecular weight excluding hydrogens is 388 g/mol. The minimum Gasteiger partial charge on any atom is -0.465 e. The molecule has 1 atom stereocenters. The second-order valence-corrected chi connectivity index (χ2v) is 9.89. The van der Waals surface area contributed by atoms with Crippen molar-refractivity contribution < 1.29 is 23.8 Å². The number of rotatable bonds is 5. The van der Waals surface area contributed by atoms with E-state index in [4.69, 9.17) is 14.2 Å². The lowest BCUT2D eigenvalue weighted by Gasteiger charge is -2.39. The Balaban J connectivity index is 1.58. The second-order valence-electron chi connectivity index (χ2n) is 8.98. The van der Waals surface area contributed by atoms with Crippen LogP contribution >= 0.6 is 11.3 Å². The van der Waals surface area contributed by atoms with Gasteiger partial charge >= 0.3 is 5.97 Å². The van der Waals surface area contributed by atoms with Crippen LogP contribution in [0.15, 0.2) is 11.4 Å². The zero-order valence-electron chi connectivity index (χ0n) is 17.5. The van der Waals surface area contributed by atoms with E-state index in [-0.39, 0.29) is 23.7 Å². The molecule has 0 bridgehead atoms. The molecule has 1 unspecified atom stereocenters. The lowest BCUT2D eigenvalue weighted by atomic mass is 9.68. The van der Waals surface area contributed by atoms with Crippen molar-refractivity contribution in [2.75, 3.05) is 20.3 Å². The first-order valence-electron chi connectivity index (χ1n) is 11.0. The van der Waals surface area contributed by atoms with Crippen molar-refractivity contribution in [3.05, 3.63) is 21.9 Å². The predicted molar refractivity (Wildman–Crippen MR) is 111 cm³/mol. The van der Waals surface area contributed by atoms with Gasteiger partial charge in [0.25, 0.3) is 0 Å². The average Bonchev–Trinajstić information content (AvgIpc) is 3.40. The Hall–Kier alpha value is -1.24. The van der Waals surface area contributed by atoms with E-state index in [2.05, 4.69) is 6.92 Å². The first-order valence-corrected chi connectivity index (χ1v) is 11.9. The first kappa shape index (κ1) is 21.0. The second kappa shape index (κ2) is 8.86. The first-order chi connectivity index (χ1) is 14.0. The summed E-state index contributed by atoms with van der Waals surface area (Å²) in [5, 5.41) is 1.92. The molecule has 4 rings (SSSR count). The number of ketones is 1. The number of carbonyl (C=O) groups is 2. The van der Waals surface area contributed by atoms with Crippen LogP contribution in [-0.4, -0.2) is 37.9 Å². The van der Waals surface area contributed by atoms with Gasteiger partial charge in [-0.15, -0.1) is 11.3 Å². The third kappa shape index (κ3) is 4.30. The monoisotopic (exact) mass is 420 g/mol. The van der Waals surface area contributed by atoms with Gasteiger partial charge in [-0.3, -0.25) is 4.79 Å². The highest BCUT2D eigenvalue weighted by molar-refractivity contribution is 7.12. The number of thiophene rings is 1. The van der Waals surface area contributed by atoms with Crippen molar-refractivity contribution in [2.45, 2.75) is 70.0 Å². The average molecular weight is 421 g/mol. The largest absolute Gasteiger partial charge is 0.465 e. The van der Waals surface area contributed by atoms with Crippen LogP contribution in [0.25, 0.3) is 0 Å². The van der Waals surface area contributed by atoms with E-state index in [1.165, 1.54) is 18.4 Å². The number of hydrogen-bond donors (Lipinski definition) is 0. The van der Waals surface area contributed by atoms with Gasteiger partial charge in [-0.05, 0) is 54.5 Å². The topological polar surface area (TPSA) is 61.8 Å². The summed E-state index contributed by atoms with van der Waals surface area (Å²) in [5.41, 5.74) is 0.875. The van der Waals surface area contributed by atoms with Crippen molar-refractivity contribution in [3.63, 3.8) is 0 Å². The van der Waals surface area contributed by atoms with E-state index in [9.17, 15) is 9.59 Å². The summed E-state index contributed by atoms with van der Waals surface area (Å²) < 4.78 is 16.8. The number of esters is 1. The number of methoxy groups -OCH3 is 1. The third-order valence-electron chi connectivity index (χ3n) is 7.20. The maximum atomic E-state index is 13.8. The van der Waals surface area contributed by atoms with Gasteiger partial charge in [0.15, 0.2) is 5.79 Å². The molecule has 1 spiro atoms. The molecule has 2 heterocycles. The zero-order chi connectivity index (χ0) is 20.4. The summed E-state index contributed by atoms with van der Waals surface area (Å²) in [4.78, 5) is 26.7. The van der Waals surface area contributed by atoms with E-state index in [0.29, 0.717) is 29.8 Å². The summed E-state index contributed by atoms with van der Waals surface area (Å²) in [6.45, 7) is 3.59. The molecule has 0 N–H and O–H groups in total. The molecule has 29 heavy (non-hydrogen) atoms. The van der Waals surface area contributed by atoms with E-state index < -0.39 is 5.79 Å². The minimum atomic E-state index is -0.440. The SMILES string of the molecule is COC(=O)c1sccc1C(C(=O)C1CCC(C)CC1)C1CCC2(CC1)OCCO2. The van der Waals surface area contributed by atoms with Crippen LogP contribution < -0.4 is 0 Å². The molecule has 0 aromatic carbocycles. The van der Waals surface area contributed by atoms with Gasteiger partial charge in [-0.1, -0.05) is 19.8 Å². The molecule has 1 saturated heterocycles. The highest BCUT2D eigenvalue weighted by Crippen LogP contribution is 2.47. The van der Waals surface area contributed by atoms with E-state index in [1.54, 1.807) is 0 Å². The van der Waals surface area contributed by atoms with Crippen LogP contribution in [-0.2, 0) is 19.0 Å². The molecule has 3 fully saturated rings. The van der Waals surface area contributed by atoms with Crippen LogP contribution in [0.5, 0.6) is 0 Å². The molecule has 160 valence electrons. The summed E-state index contributed by atoms with van der Waals surface area (Å²) >= 11 is 1.38. The molecule has 6 heteroatoms. The van der Waals surface area contributed by atoms with Crippen LogP contribution in [0.3, 0.4) is 0 Å². The van der Waals surface area contributed by atoms with Gasteiger partial charge in [0.05, 0.1) is 20.3 Å². The molecule has 0 amide bonds. The molecule has 1 aromatic heterocycles. The standard InChI is InChI=1S/C23H32O5S/c1-15-3-5-17(6-4-15)20(24)19(18-9-14-29-21(18)22(25)26-2)16-7-10-23(11-8-16)27-12-13-28-23/h9,14-17,19H,3-8,10-13H2,1-2H3. The molecule has 3 aliphatic rings. The van der Waals surface area contributed by atoms with Crippen molar-refractivity contribution in [3.8, 4) is 0 Å². The van der Waals surface area contributed by atoms with Crippen molar-refractivity contribution in [2.24, 2.45) is 17.8 Å². The molecule has 1 aromatic rings. The Morgan fingerprint density at radius 3 is 2.38 bits per heavy atom. The van der Waals surface area contributed by atoms with Gasteiger partial charge in [-0.25, -0.2) is 4.79 Å². The van der Waals surface area contributed by atoms with E-state index in [1.807, 2.05) is 11.4 Å². The molecular formula is C23H32O5S. The third-order valence-corrected chi connectivity index (χ3v) is 8.11. The fourth-order valence-corrected chi connectivity index (χ4v) is 6.32. The Kier molecular flexibility index (Phi) is 6.42. The zero-order valence-corrected chi connectivity index (χ0v) is 18.3. The van der Waals surface area contributed by atoms with Crippen LogP contribution in [0.2, 0.25) is 0 Å². The molecule has 1 aliphatic heterocycles. The normalized spacial score (nSPS) is 28.3. The molecule has 2 saturated carbocycles. The maximum Gasteiger partial charge on any atom is 0.348 e. The highest BCUT2D eigenvalue weighted by atomic mass is 32.1. The van der Waals surface area contributed by atoms with Gasteiger partial charge in [0, 0.05) is 24.7 Å². The van der Waals surface area contributed by atoms with Crippen LogP contribution in [0.4, 0.5) is 0 Å². The molecule has 5 nitrogen and oxygen atoms in total. The smallest absolute Gasteiger partial charge is 0.348 e. The summed E-state index contributed by atoms with van der Waals surface area (Å²) in [6.07, 6.45) is 7.58. The van der Waals surface area contributed by atoms with E-state index >= 15 is 0 Å². The summed E-state index contributed by atoms with van der Waals surface area (Å²) in [6, 6.07) is 1.97. The van der Waals surface area contributed by atoms with Crippen LogP contribution in [0.1, 0.15) is 79.4 Å². The summed E-state index contributed by atoms with van der Waals surface area (Å²) in [7, 11) is 1.41. The van der Waals surface area contributed by atoms with Gasteiger partial charge in [-0.2, -0.15) is 0 Å². The number of hydrogen-bond acceptors (Lipinski definition) is 6. The maximum absolute atomic E-state index is 13.8. The molecule has 2 aliphatic carbocycles. The highest BCUT2D eigenvalue weighted by Gasteiger charge is 2.45.